The normalized spacial score (nSPS) is 30.4. The quantitative estimate of drug-likeness (QED) is 0.670. The van der Waals surface area contributed by atoms with Gasteiger partial charge in [0.05, 0.1) is 0 Å². The molecule has 0 radical (unpaired) electrons. The summed E-state index contributed by atoms with van der Waals surface area (Å²) in [4.78, 5) is 0. The Bertz CT molecular complexity index is 370. The molecule has 18 heavy (non-hydrogen) atoms. The molecule has 1 aromatic rings. The van der Waals surface area contributed by atoms with Crippen LogP contribution >= 0.6 is 7.92 Å². The van der Waals surface area contributed by atoms with E-state index in [9.17, 15) is 0 Å². The zero-order valence-corrected chi connectivity index (χ0v) is 13.2. The van der Waals surface area contributed by atoms with Gasteiger partial charge in [0.15, 0.2) is 0 Å². The fourth-order valence-corrected chi connectivity index (χ4v) is 7.15. The Morgan fingerprint density at radius 2 is 1.83 bits per heavy atom. The van der Waals surface area contributed by atoms with Gasteiger partial charge in [-0.05, 0) is 41.8 Å². The minimum Gasteiger partial charge on any atom is -0.0716 e. The fourth-order valence-electron chi connectivity index (χ4n) is 3.99. The topological polar surface area (TPSA) is 0 Å². The molecule has 2 rings (SSSR count). The zero-order chi connectivity index (χ0) is 13.2. The van der Waals surface area contributed by atoms with Crippen molar-refractivity contribution in [2.75, 3.05) is 6.66 Å². The predicted octanol–water partition coefficient (Wildman–Crippen LogP) is 5.03. The molecule has 1 saturated carbocycles. The monoisotopic (exact) mass is 262 g/mol. The van der Waals surface area contributed by atoms with E-state index in [1.165, 1.54) is 25.7 Å². The molecule has 1 fully saturated rings. The minimum absolute atomic E-state index is 0.0569. The molecule has 0 aromatic heterocycles. The molecule has 0 heterocycles. The van der Waals surface area contributed by atoms with Gasteiger partial charge in [0, 0.05) is 0 Å². The maximum Gasteiger partial charge on any atom is -0.000828 e. The highest BCUT2D eigenvalue weighted by Crippen LogP contribution is 2.59. The van der Waals surface area contributed by atoms with Crippen molar-refractivity contribution >= 4 is 13.2 Å². The van der Waals surface area contributed by atoms with Crippen LogP contribution in [0.15, 0.2) is 30.3 Å². The van der Waals surface area contributed by atoms with Gasteiger partial charge in [0.25, 0.3) is 0 Å². The average Bonchev–Trinajstić information content (AvgIpc) is 2.39. The average molecular weight is 262 g/mol. The van der Waals surface area contributed by atoms with Crippen LogP contribution in [-0.4, -0.2) is 11.8 Å². The predicted molar refractivity (Wildman–Crippen MR) is 84.1 cm³/mol. The zero-order valence-electron chi connectivity index (χ0n) is 12.3. The Hall–Kier alpha value is -0.350. The van der Waals surface area contributed by atoms with Crippen molar-refractivity contribution in [2.45, 2.75) is 51.6 Å². The summed E-state index contributed by atoms with van der Waals surface area (Å²) in [5.41, 5.74) is 0. The Morgan fingerprint density at radius 1 is 1.17 bits per heavy atom. The molecule has 0 bridgehead atoms. The van der Waals surface area contributed by atoms with Gasteiger partial charge >= 0.3 is 0 Å². The summed E-state index contributed by atoms with van der Waals surface area (Å²) in [6, 6.07) is 11.2. The summed E-state index contributed by atoms with van der Waals surface area (Å²) in [6.07, 6.45) is 5.73. The van der Waals surface area contributed by atoms with Crippen LogP contribution in [0.4, 0.5) is 0 Å². The van der Waals surface area contributed by atoms with E-state index in [1.807, 2.05) is 0 Å². The number of hydrogen-bond acceptors (Lipinski definition) is 0. The number of rotatable bonds is 3. The first-order valence-electron chi connectivity index (χ1n) is 7.38. The van der Waals surface area contributed by atoms with Gasteiger partial charge in [-0.25, -0.2) is 0 Å². The van der Waals surface area contributed by atoms with Gasteiger partial charge in [-0.2, -0.15) is 0 Å². The Morgan fingerprint density at radius 3 is 2.39 bits per heavy atom. The molecule has 0 spiro atoms. The van der Waals surface area contributed by atoms with Gasteiger partial charge < -0.3 is 0 Å². The fraction of sp³-hybridized carbons (Fsp3) is 0.647. The van der Waals surface area contributed by atoms with Crippen molar-refractivity contribution in [1.29, 1.82) is 0 Å². The smallest absolute Gasteiger partial charge is 0.000828 e. The van der Waals surface area contributed by atoms with E-state index in [0.717, 1.165) is 11.8 Å². The molecule has 0 aliphatic heterocycles. The summed E-state index contributed by atoms with van der Waals surface area (Å²) in [7, 11) is -0.0569. The summed E-state index contributed by atoms with van der Waals surface area (Å²) in [5.74, 6) is 1.67. The van der Waals surface area contributed by atoms with E-state index < -0.39 is 0 Å². The molecule has 1 aliphatic rings. The minimum atomic E-state index is -0.0569. The van der Waals surface area contributed by atoms with Crippen LogP contribution in [-0.2, 0) is 0 Å². The van der Waals surface area contributed by atoms with Crippen molar-refractivity contribution in [1.82, 2.24) is 0 Å². The van der Waals surface area contributed by atoms with Crippen LogP contribution in [0.2, 0.25) is 0 Å². The van der Waals surface area contributed by atoms with E-state index in [4.69, 9.17) is 0 Å². The lowest BCUT2D eigenvalue weighted by molar-refractivity contribution is 0.229. The molecule has 3 unspecified atom stereocenters. The Balaban J connectivity index is 2.35. The molecular weight excluding hydrogens is 235 g/mol. The third kappa shape index (κ3) is 2.37. The van der Waals surface area contributed by atoms with Gasteiger partial charge in [0.2, 0.25) is 0 Å². The van der Waals surface area contributed by atoms with Crippen molar-refractivity contribution < 1.29 is 0 Å². The SMILES string of the molecule is CC(C)C1(P(C)c2ccccc2)CCCCC1C. The largest absolute Gasteiger partial charge is 0.0716 e. The molecule has 100 valence electrons. The van der Waals surface area contributed by atoms with Crippen molar-refractivity contribution in [3.63, 3.8) is 0 Å². The van der Waals surface area contributed by atoms with Crippen LogP contribution in [0, 0.1) is 11.8 Å². The molecule has 0 saturated heterocycles. The second kappa shape index (κ2) is 5.74. The first kappa shape index (κ1) is 14.1. The first-order valence-corrected chi connectivity index (χ1v) is 9.17. The molecule has 1 heteroatoms. The summed E-state index contributed by atoms with van der Waals surface area (Å²) in [6.45, 7) is 9.92. The van der Waals surface area contributed by atoms with Crippen molar-refractivity contribution in [2.24, 2.45) is 11.8 Å². The van der Waals surface area contributed by atoms with Gasteiger partial charge in [0.1, 0.15) is 0 Å². The van der Waals surface area contributed by atoms with Crippen LogP contribution in [0.3, 0.4) is 0 Å². The van der Waals surface area contributed by atoms with Crippen molar-refractivity contribution in [3.05, 3.63) is 30.3 Å². The highest BCUT2D eigenvalue weighted by molar-refractivity contribution is 7.66. The summed E-state index contributed by atoms with van der Waals surface area (Å²) >= 11 is 0. The van der Waals surface area contributed by atoms with Crippen LogP contribution in [0.1, 0.15) is 46.5 Å². The summed E-state index contributed by atoms with van der Waals surface area (Å²) in [5, 5.41) is 2.16. The molecule has 0 N–H and O–H groups in total. The Kier molecular flexibility index (Phi) is 4.49. The second-order valence-electron chi connectivity index (χ2n) is 6.19. The van der Waals surface area contributed by atoms with Crippen LogP contribution < -0.4 is 5.30 Å². The van der Waals surface area contributed by atoms with E-state index in [-0.39, 0.29) is 7.92 Å². The molecular formula is C17H27P. The third-order valence-corrected chi connectivity index (χ3v) is 8.59. The second-order valence-corrected chi connectivity index (χ2v) is 8.65. The molecule has 3 atom stereocenters. The Labute approximate surface area is 114 Å². The highest BCUT2D eigenvalue weighted by Gasteiger charge is 2.45. The maximum absolute atomic E-state index is 2.52. The van der Waals surface area contributed by atoms with Gasteiger partial charge in [-0.15, -0.1) is 0 Å². The number of benzene rings is 1. The molecule has 0 amide bonds. The van der Waals surface area contributed by atoms with E-state index in [0.29, 0.717) is 5.16 Å². The lowest BCUT2D eigenvalue weighted by atomic mass is 9.73. The lowest BCUT2D eigenvalue weighted by Crippen LogP contribution is -2.44. The molecule has 1 aliphatic carbocycles. The van der Waals surface area contributed by atoms with E-state index >= 15 is 0 Å². The van der Waals surface area contributed by atoms with Crippen molar-refractivity contribution in [3.8, 4) is 0 Å². The van der Waals surface area contributed by atoms with Gasteiger partial charge in [-0.1, -0.05) is 71.9 Å². The highest BCUT2D eigenvalue weighted by atomic mass is 31.1. The third-order valence-electron chi connectivity index (χ3n) is 5.09. The molecule has 0 nitrogen and oxygen atoms in total. The van der Waals surface area contributed by atoms with Crippen LogP contribution in [0.25, 0.3) is 0 Å². The standard InChI is InChI=1S/C17H27P/c1-14(2)17(13-9-8-10-15(17)3)18(4)16-11-6-5-7-12-16/h5-7,11-12,14-15H,8-10,13H2,1-4H3. The van der Waals surface area contributed by atoms with Crippen LogP contribution in [0.5, 0.6) is 0 Å². The van der Waals surface area contributed by atoms with Gasteiger partial charge in [-0.3, -0.25) is 0 Å². The molecule has 1 aromatic carbocycles. The first-order chi connectivity index (χ1) is 8.59. The summed E-state index contributed by atoms with van der Waals surface area (Å²) < 4.78 is 0. The van der Waals surface area contributed by atoms with E-state index in [2.05, 4.69) is 57.8 Å². The maximum atomic E-state index is 2.52. The van der Waals surface area contributed by atoms with E-state index in [1.54, 1.807) is 5.30 Å². The number of hydrogen-bond donors (Lipinski definition) is 0. The lowest BCUT2D eigenvalue weighted by Gasteiger charge is -2.50.